The van der Waals surface area contributed by atoms with Crippen LogP contribution >= 0.6 is 0 Å². The zero-order valence-electron chi connectivity index (χ0n) is 9.78. The molecule has 0 radical (unpaired) electrons. The van der Waals surface area contributed by atoms with Crippen LogP contribution in [-0.4, -0.2) is 24.1 Å². The zero-order chi connectivity index (χ0) is 12.1. The molecule has 0 saturated carbocycles. The molecule has 4 nitrogen and oxygen atoms in total. The van der Waals surface area contributed by atoms with E-state index in [-0.39, 0.29) is 18.4 Å². The quantitative estimate of drug-likeness (QED) is 0.734. The Morgan fingerprint density at radius 3 is 3.12 bits per heavy atom. The van der Waals surface area contributed by atoms with E-state index in [0.29, 0.717) is 0 Å². The van der Waals surface area contributed by atoms with Gasteiger partial charge in [-0.25, -0.2) is 0 Å². The summed E-state index contributed by atoms with van der Waals surface area (Å²) in [4.78, 5) is 12.0. The highest BCUT2D eigenvalue weighted by Gasteiger charge is 2.20. The smallest absolute Gasteiger partial charge is 0.228 e. The first-order valence-corrected chi connectivity index (χ1v) is 6.01. The number of aliphatic hydroxyl groups is 1. The molecule has 92 valence electrons. The lowest BCUT2D eigenvalue weighted by molar-refractivity contribution is -0.120. The second-order valence-electron chi connectivity index (χ2n) is 4.39. The predicted molar refractivity (Wildman–Crippen MR) is 66.6 cm³/mol. The predicted octanol–water partition coefficient (Wildman–Crippen LogP) is 1.12. The fraction of sp³-hybridized carbons (Fsp3) is 0.462. The van der Waals surface area contributed by atoms with Crippen LogP contribution in [0.1, 0.15) is 18.4 Å². The highest BCUT2D eigenvalue weighted by molar-refractivity contribution is 5.92. The molecule has 1 aliphatic heterocycles. The van der Waals surface area contributed by atoms with Gasteiger partial charge in [0.1, 0.15) is 0 Å². The lowest BCUT2D eigenvalue weighted by atomic mass is 9.99. The van der Waals surface area contributed by atoms with Crippen molar-refractivity contribution in [2.75, 3.05) is 18.4 Å². The minimum absolute atomic E-state index is 0.00526. The SMILES string of the molecule is O=C(Nc1cccc(CO)c1)C1CCCNC1. The number of nitrogens with one attached hydrogen (secondary N) is 2. The van der Waals surface area contributed by atoms with Crippen molar-refractivity contribution in [3.05, 3.63) is 29.8 Å². The van der Waals surface area contributed by atoms with Gasteiger partial charge in [-0.2, -0.15) is 0 Å². The molecule has 1 saturated heterocycles. The lowest BCUT2D eigenvalue weighted by Crippen LogP contribution is -2.37. The van der Waals surface area contributed by atoms with Crippen molar-refractivity contribution in [1.82, 2.24) is 5.32 Å². The number of amides is 1. The summed E-state index contributed by atoms with van der Waals surface area (Å²) >= 11 is 0. The number of benzene rings is 1. The van der Waals surface area contributed by atoms with Crippen LogP contribution in [0.2, 0.25) is 0 Å². The van der Waals surface area contributed by atoms with E-state index in [4.69, 9.17) is 5.11 Å². The van der Waals surface area contributed by atoms with Crippen LogP contribution in [0.5, 0.6) is 0 Å². The Morgan fingerprint density at radius 2 is 2.41 bits per heavy atom. The van der Waals surface area contributed by atoms with Crippen molar-refractivity contribution in [2.45, 2.75) is 19.4 Å². The maximum Gasteiger partial charge on any atom is 0.228 e. The highest BCUT2D eigenvalue weighted by Crippen LogP contribution is 2.15. The number of carbonyl (C=O) groups excluding carboxylic acids is 1. The van der Waals surface area contributed by atoms with Gasteiger partial charge in [0.25, 0.3) is 0 Å². The maximum atomic E-state index is 12.0. The van der Waals surface area contributed by atoms with E-state index in [1.54, 1.807) is 6.07 Å². The van der Waals surface area contributed by atoms with Crippen molar-refractivity contribution < 1.29 is 9.90 Å². The van der Waals surface area contributed by atoms with Crippen LogP contribution in [0, 0.1) is 5.92 Å². The first kappa shape index (κ1) is 12.1. The fourth-order valence-corrected chi connectivity index (χ4v) is 2.07. The maximum absolute atomic E-state index is 12.0. The Morgan fingerprint density at radius 1 is 1.53 bits per heavy atom. The first-order valence-electron chi connectivity index (χ1n) is 6.01. The van der Waals surface area contributed by atoms with Gasteiger partial charge < -0.3 is 15.7 Å². The molecule has 2 rings (SSSR count). The normalized spacial score (nSPS) is 19.9. The Balaban J connectivity index is 1.96. The molecule has 0 bridgehead atoms. The third-order valence-corrected chi connectivity index (χ3v) is 3.04. The molecule has 1 aromatic rings. The van der Waals surface area contributed by atoms with Crippen LogP contribution in [0.4, 0.5) is 5.69 Å². The summed E-state index contributed by atoms with van der Waals surface area (Å²) < 4.78 is 0. The number of rotatable bonds is 3. The molecule has 1 fully saturated rings. The number of hydrogen-bond donors (Lipinski definition) is 3. The van der Waals surface area contributed by atoms with Crippen LogP contribution in [0.3, 0.4) is 0 Å². The molecule has 0 aliphatic carbocycles. The fourth-order valence-electron chi connectivity index (χ4n) is 2.07. The molecule has 1 atom stereocenters. The molecule has 1 unspecified atom stereocenters. The molecule has 1 amide bonds. The van der Waals surface area contributed by atoms with Crippen LogP contribution < -0.4 is 10.6 Å². The van der Waals surface area contributed by atoms with Gasteiger partial charge in [0.15, 0.2) is 0 Å². The van der Waals surface area contributed by atoms with Crippen molar-refractivity contribution in [3.63, 3.8) is 0 Å². The third kappa shape index (κ3) is 3.28. The van der Waals surface area contributed by atoms with Gasteiger partial charge in [0.05, 0.1) is 12.5 Å². The average Bonchev–Trinajstić information content (AvgIpc) is 2.40. The topological polar surface area (TPSA) is 61.4 Å². The highest BCUT2D eigenvalue weighted by atomic mass is 16.3. The number of piperidine rings is 1. The summed E-state index contributed by atoms with van der Waals surface area (Å²) in [7, 11) is 0. The Kier molecular flexibility index (Phi) is 4.12. The largest absolute Gasteiger partial charge is 0.392 e. The molecule has 1 heterocycles. The van der Waals surface area contributed by atoms with Crippen molar-refractivity contribution in [3.8, 4) is 0 Å². The van der Waals surface area contributed by atoms with Crippen molar-refractivity contribution in [2.24, 2.45) is 5.92 Å². The third-order valence-electron chi connectivity index (χ3n) is 3.04. The standard InChI is InChI=1S/C13H18N2O2/c16-9-10-3-1-5-12(7-10)15-13(17)11-4-2-6-14-8-11/h1,3,5,7,11,14,16H,2,4,6,8-9H2,(H,15,17). The number of anilines is 1. The molecule has 4 heteroatoms. The molecule has 0 aromatic heterocycles. The van der Waals surface area contributed by atoms with Gasteiger partial charge in [-0.1, -0.05) is 12.1 Å². The minimum Gasteiger partial charge on any atom is -0.392 e. The minimum atomic E-state index is -0.00526. The van der Waals surface area contributed by atoms with Crippen molar-refractivity contribution >= 4 is 11.6 Å². The molecule has 17 heavy (non-hydrogen) atoms. The average molecular weight is 234 g/mol. The summed E-state index contributed by atoms with van der Waals surface area (Å²) in [5.74, 6) is 0.119. The Hall–Kier alpha value is -1.39. The first-order chi connectivity index (χ1) is 8.29. The Bertz CT molecular complexity index is 387. The second kappa shape index (κ2) is 5.80. The van der Waals surface area contributed by atoms with Crippen LogP contribution in [0.25, 0.3) is 0 Å². The van der Waals surface area contributed by atoms with Crippen LogP contribution in [-0.2, 0) is 11.4 Å². The van der Waals surface area contributed by atoms with E-state index in [0.717, 1.165) is 37.2 Å². The van der Waals surface area contributed by atoms with Gasteiger partial charge in [-0.3, -0.25) is 4.79 Å². The van der Waals surface area contributed by atoms with E-state index in [1.165, 1.54) is 0 Å². The van der Waals surface area contributed by atoms with E-state index < -0.39 is 0 Å². The molecular formula is C13H18N2O2. The number of hydrogen-bond acceptors (Lipinski definition) is 3. The molecule has 0 spiro atoms. The van der Waals surface area contributed by atoms with Gasteiger partial charge in [0.2, 0.25) is 5.91 Å². The van der Waals surface area contributed by atoms with Gasteiger partial charge in [-0.15, -0.1) is 0 Å². The van der Waals surface area contributed by atoms with Crippen molar-refractivity contribution in [1.29, 1.82) is 0 Å². The second-order valence-corrected chi connectivity index (χ2v) is 4.39. The lowest BCUT2D eigenvalue weighted by Gasteiger charge is -2.21. The summed E-state index contributed by atoms with van der Waals surface area (Å²) in [5.41, 5.74) is 1.57. The number of aliphatic hydroxyl groups excluding tert-OH is 1. The summed E-state index contributed by atoms with van der Waals surface area (Å²) in [5, 5.41) is 15.1. The zero-order valence-corrected chi connectivity index (χ0v) is 9.78. The number of carbonyl (C=O) groups is 1. The van der Waals surface area contributed by atoms with E-state index in [1.807, 2.05) is 18.2 Å². The monoisotopic (exact) mass is 234 g/mol. The summed E-state index contributed by atoms with van der Waals surface area (Å²) in [6.07, 6.45) is 1.99. The van der Waals surface area contributed by atoms with E-state index >= 15 is 0 Å². The van der Waals surface area contributed by atoms with Gasteiger partial charge in [-0.05, 0) is 37.1 Å². The summed E-state index contributed by atoms with van der Waals surface area (Å²) in [6.45, 7) is 1.75. The van der Waals surface area contributed by atoms with Gasteiger partial charge in [0, 0.05) is 12.2 Å². The summed E-state index contributed by atoms with van der Waals surface area (Å²) in [6, 6.07) is 7.31. The van der Waals surface area contributed by atoms with Gasteiger partial charge >= 0.3 is 0 Å². The molecular weight excluding hydrogens is 216 g/mol. The van der Waals surface area contributed by atoms with Crippen LogP contribution in [0.15, 0.2) is 24.3 Å². The molecule has 1 aliphatic rings. The van der Waals surface area contributed by atoms with E-state index in [2.05, 4.69) is 10.6 Å². The Labute approximate surface area is 101 Å². The van der Waals surface area contributed by atoms with E-state index in [9.17, 15) is 4.79 Å². The molecule has 1 aromatic carbocycles. The molecule has 3 N–H and O–H groups in total.